The van der Waals surface area contributed by atoms with Gasteiger partial charge in [-0.3, -0.25) is 0 Å². The molecule has 5 nitrogen and oxygen atoms in total. The molecule has 5 N–H and O–H groups in total. The van der Waals surface area contributed by atoms with Gasteiger partial charge in [0.1, 0.15) is 11.5 Å². The summed E-state index contributed by atoms with van der Waals surface area (Å²) in [5.41, 5.74) is 7.76. The van der Waals surface area contributed by atoms with Crippen molar-refractivity contribution in [3.63, 3.8) is 0 Å². The van der Waals surface area contributed by atoms with E-state index in [4.69, 9.17) is 10.8 Å². The number of nitrogens with two attached hydrogens (primary N) is 1. The summed E-state index contributed by atoms with van der Waals surface area (Å²) in [6.45, 7) is 0. The molecule has 0 saturated heterocycles. The standard InChI is InChI=1S/C19H15NO4/c20-17-8-5-11-3-6-14(21)10-16(11)15(17)7-4-12-1-2-13(19(23)24)9-18(12)22/h1-10,21-22H,20H2,(H,23,24)/b7-4+. The highest BCUT2D eigenvalue weighted by Gasteiger charge is 2.07. The van der Waals surface area contributed by atoms with Gasteiger partial charge in [-0.05, 0) is 41.1 Å². The number of aromatic carboxylic acids is 1. The lowest BCUT2D eigenvalue weighted by Gasteiger charge is -2.07. The van der Waals surface area contributed by atoms with Gasteiger partial charge >= 0.3 is 5.97 Å². The summed E-state index contributed by atoms with van der Waals surface area (Å²) in [5, 5.41) is 30.3. The highest BCUT2D eigenvalue weighted by atomic mass is 16.4. The predicted octanol–water partition coefficient (Wildman–Crippen LogP) is 3.70. The van der Waals surface area contributed by atoms with Gasteiger partial charge in [-0.15, -0.1) is 0 Å². The minimum Gasteiger partial charge on any atom is -0.508 e. The Bertz CT molecular complexity index is 971. The third-order valence-corrected chi connectivity index (χ3v) is 3.79. The van der Waals surface area contributed by atoms with E-state index in [1.54, 1.807) is 36.4 Å². The van der Waals surface area contributed by atoms with E-state index in [0.717, 1.165) is 10.8 Å². The average Bonchev–Trinajstić information content (AvgIpc) is 2.54. The molecular weight excluding hydrogens is 306 g/mol. The van der Waals surface area contributed by atoms with E-state index in [2.05, 4.69) is 0 Å². The van der Waals surface area contributed by atoms with Crippen molar-refractivity contribution in [2.45, 2.75) is 0 Å². The lowest BCUT2D eigenvalue weighted by atomic mass is 10.0. The van der Waals surface area contributed by atoms with Crippen molar-refractivity contribution in [1.82, 2.24) is 0 Å². The SMILES string of the molecule is Nc1ccc2ccc(O)cc2c1/C=C/c1ccc(C(=O)O)cc1O. The first-order chi connectivity index (χ1) is 11.5. The van der Waals surface area contributed by atoms with Crippen LogP contribution in [0.1, 0.15) is 21.5 Å². The number of carbonyl (C=O) groups is 1. The molecule has 0 bridgehead atoms. The molecule has 0 aliphatic rings. The van der Waals surface area contributed by atoms with Gasteiger partial charge in [-0.2, -0.15) is 0 Å². The van der Waals surface area contributed by atoms with Crippen LogP contribution < -0.4 is 5.73 Å². The number of nitrogen functional groups attached to an aromatic ring is 1. The van der Waals surface area contributed by atoms with Gasteiger partial charge < -0.3 is 21.1 Å². The Balaban J connectivity index is 2.06. The largest absolute Gasteiger partial charge is 0.508 e. The van der Waals surface area contributed by atoms with Gasteiger partial charge in [0.25, 0.3) is 0 Å². The molecule has 0 amide bonds. The summed E-state index contributed by atoms with van der Waals surface area (Å²) in [6.07, 6.45) is 3.38. The van der Waals surface area contributed by atoms with Crippen LogP contribution in [-0.4, -0.2) is 21.3 Å². The number of phenols is 2. The maximum absolute atomic E-state index is 10.9. The fourth-order valence-electron chi connectivity index (χ4n) is 2.52. The Morgan fingerprint density at radius 2 is 1.71 bits per heavy atom. The minimum atomic E-state index is -1.10. The molecule has 0 aliphatic heterocycles. The minimum absolute atomic E-state index is 0.0132. The van der Waals surface area contributed by atoms with Crippen molar-refractivity contribution in [2.24, 2.45) is 0 Å². The number of fused-ring (bicyclic) bond motifs is 1. The van der Waals surface area contributed by atoms with Gasteiger partial charge in [-0.1, -0.05) is 30.4 Å². The Hall–Kier alpha value is -3.47. The Morgan fingerprint density at radius 3 is 2.42 bits per heavy atom. The normalized spacial score (nSPS) is 11.2. The second-order valence-electron chi connectivity index (χ2n) is 5.39. The maximum atomic E-state index is 10.9. The van der Waals surface area contributed by atoms with Crippen molar-refractivity contribution >= 4 is 34.6 Å². The molecule has 5 heteroatoms. The van der Waals surface area contributed by atoms with E-state index in [1.807, 2.05) is 6.07 Å². The number of hydrogen-bond acceptors (Lipinski definition) is 4. The summed E-state index contributed by atoms with van der Waals surface area (Å²) >= 11 is 0. The third-order valence-electron chi connectivity index (χ3n) is 3.79. The van der Waals surface area contributed by atoms with Crippen LogP contribution in [0, 0.1) is 0 Å². The molecule has 3 aromatic carbocycles. The quantitative estimate of drug-likeness (QED) is 0.435. The van der Waals surface area contributed by atoms with Crippen LogP contribution >= 0.6 is 0 Å². The first-order valence-electron chi connectivity index (χ1n) is 7.21. The van der Waals surface area contributed by atoms with E-state index < -0.39 is 5.97 Å². The highest BCUT2D eigenvalue weighted by molar-refractivity contribution is 5.98. The molecule has 3 rings (SSSR count). The second-order valence-corrected chi connectivity index (χ2v) is 5.39. The number of aromatic hydroxyl groups is 2. The molecule has 0 spiro atoms. The van der Waals surface area contributed by atoms with Gasteiger partial charge in [0.05, 0.1) is 5.56 Å². The fourth-order valence-corrected chi connectivity index (χ4v) is 2.52. The molecule has 24 heavy (non-hydrogen) atoms. The van der Waals surface area contributed by atoms with Crippen molar-refractivity contribution in [3.05, 3.63) is 65.2 Å². The van der Waals surface area contributed by atoms with Crippen LogP contribution in [0.2, 0.25) is 0 Å². The maximum Gasteiger partial charge on any atom is 0.335 e. The Labute approximate surface area is 137 Å². The van der Waals surface area contributed by atoms with Crippen molar-refractivity contribution < 1.29 is 20.1 Å². The number of benzene rings is 3. The van der Waals surface area contributed by atoms with E-state index in [-0.39, 0.29) is 17.1 Å². The lowest BCUT2D eigenvalue weighted by molar-refractivity contribution is 0.0696. The molecule has 0 radical (unpaired) electrons. The average molecular weight is 321 g/mol. The van der Waals surface area contributed by atoms with E-state index in [1.165, 1.54) is 18.2 Å². The molecule has 0 aromatic heterocycles. The molecule has 3 aromatic rings. The second kappa shape index (κ2) is 5.96. The Morgan fingerprint density at radius 1 is 0.958 bits per heavy atom. The zero-order valence-corrected chi connectivity index (χ0v) is 12.6. The number of phenolic OH excluding ortho intramolecular Hbond substituents is 2. The summed E-state index contributed by atoms with van der Waals surface area (Å²) in [5.74, 6) is -1.10. The molecule has 0 aliphatic carbocycles. The summed E-state index contributed by atoms with van der Waals surface area (Å²) in [6, 6.07) is 12.8. The van der Waals surface area contributed by atoms with Crippen molar-refractivity contribution in [3.8, 4) is 11.5 Å². The lowest BCUT2D eigenvalue weighted by Crippen LogP contribution is -1.95. The number of rotatable bonds is 3. The van der Waals surface area contributed by atoms with Crippen LogP contribution in [0.4, 0.5) is 5.69 Å². The topological polar surface area (TPSA) is 104 Å². The number of carboxylic acid groups (broad SMARTS) is 1. The van der Waals surface area contributed by atoms with E-state index >= 15 is 0 Å². The predicted molar refractivity (Wildman–Crippen MR) is 94.0 cm³/mol. The monoisotopic (exact) mass is 321 g/mol. The summed E-state index contributed by atoms with van der Waals surface area (Å²) in [4.78, 5) is 10.9. The van der Waals surface area contributed by atoms with E-state index in [0.29, 0.717) is 16.8 Å². The zero-order chi connectivity index (χ0) is 17.3. The number of carboxylic acids is 1. The van der Waals surface area contributed by atoms with Crippen LogP contribution in [0.15, 0.2) is 48.5 Å². The zero-order valence-electron chi connectivity index (χ0n) is 12.6. The van der Waals surface area contributed by atoms with Crippen molar-refractivity contribution in [2.75, 3.05) is 5.73 Å². The summed E-state index contributed by atoms with van der Waals surface area (Å²) < 4.78 is 0. The number of hydrogen-bond donors (Lipinski definition) is 4. The molecule has 0 fully saturated rings. The smallest absolute Gasteiger partial charge is 0.335 e. The van der Waals surface area contributed by atoms with Gasteiger partial charge in [0, 0.05) is 16.8 Å². The van der Waals surface area contributed by atoms with Crippen LogP contribution in [0.5, 0.6) is 11.5 Å². The first kappa shape index (κ1) is 15.4. The highest BCUT2D eigenvalue weighted by Crippen LogP contribution is 2.30. The Kier molecular flexibility index (Phi) is 3.83. The third kappa shape index (κ3) is 2.87. The number of anilines is 1. The van der Waals surface area contributed by atoms with Crippen LogP contribution in [-0.2, 0) is 0 Å². The molecule has 0 saturated carbocycles. The first-order valence-corrected chi connectivity index (χ1v) is 7.21. The van der Waals surface area contributed by atoms with Gasteiger partial charge in [0.15, 0.2) is 0 Å². The fraction of sp³-hybridized carbons (Fsp3) is 0. The van der Waals surface area contributed by atoms with Gasteiger partial charge in [-0.25, -0.2) is 4.79 Å². The molecule has 120 valence electrons. The van der Waals surface area contributed by atoms with Crippen LogP contribution in [0.3, 0.4) is 0 Å². The molecular formula is C19H15NO4. The summed E-state index contributed by atoms with van der Waals surface area (Å²) in [7, 11) is 0. The molecule has 0 unspecified atom stereocenters. The molecule has 0 heterocycles. The van der Waals surface area contributed by atoms with Crippen LogP contribution in [0.25, 0.3) is 22.9 Å². The van der Waals surface area contributed by atoms with Gasteiger partial charge in [0.2, 0.25) is 0 Å². The van der Waals surface area contributed by atoms with E-state index in [9.17, 15) is 15.0 Å². The molecule has 0 atom stereocenters. The van der Waals surface area contributed by atoms with Crippen molar-refractivity contribution in [1.29, 1.82) is 0 Å².